The second-order valence-corrected chi connectivity index (χ2v) is 10.4. The van der Waals surface area contributed by atoms with E-state index in [1.165, 1.54) is 4.31 Å². The first-order chi connectivity index (χ1) is 13.5. The van der Waals surface area contributed by atoms with Gasteiger partial charge in [0.1, 0.15) is 5.54 Å². The van der Waals surface area contributed by atoms with Gasteiger partial charge in [0.2, 0.25) is 15.9 Å². The highest BCUT2D eigenvalue weighted by Gasteiger charge is 2.32. The maximum atomic E-state index is 12.9. The van der Waals surface area contributed by atoms with Crippen molar-refractivity contribution in [3.8, 4) is 6.07 Å². The van der Waals surface area contributed by atoms with Crippen molar-refractivity contribution < 1.29 is 13.2 Å². The zero-order valence-corrected chi connectivity index (χ0v) is 18.8. The van der Waals surface area contributed by atoms with Crippen LogP contribution in [-0.2, 0) is 14.8 Å². The molecule has 0 aliphatic carbocycles. The second kappa shape index (κ2) is 9.24. The molecule has 1 amide bonds. The molecule has 7 nitrogen and oxygen atoms in total. The lowest BCUT2D eigenvalue weighted by atomic mass is 9.90. The third-order valence-electron chi connectivity index (χ3n) is 5.67. The molecule has 0 radical (unpaired) electrons. The molecule has 1 aromatic carbocycles. The fourth-order valence-electron chi connectivity index (χ4n) is 3.14. The molecule has 2 rings (SSSR count). The summed E-state index contributed by atoms with van der Waals surface area (Å²) in [6.45, 7) is 11.4. The Bertz CT molecular complexity index is 851. The van der Waals surface area contributed by atoms with E-state index in [0.717, 1.165) is 5.56 Å². The maximum Gasteiger partial charge on any atom is 0.243 e. The normalized spacial score (nSPS) is 18.4. The van der Waals surface area contributed by atoms with Gasteiger partial charge < -0.3 is 5.32 Å². The summed E-state index contributed by atoms with van der Waals surface area (Å²) in [5.41, 5.74) is 0.190. The number of nitrogens with one attached hydrogen (secondary N) is 1. The highest BCUT2D eigenvalue weighted by atomic mass is 32.2. The van der Waals surface area contributed by atoms with Crippen LogP contribution < -0.4 is 5.32 Å². The van der Waals surface area contributed by atoms with Crippen molar-refractivity contribution in [2.24, 2.45) is 5.92 Å². The van der Waals surface area contributed by atoms with Gasteiger partial charge in [-0.2, -0.15) is 9.57 Å². The molecule has 1 N–H and O–H groups in total. The van der Waals surface area contributed by atoms with Crippen molar-refractivity contribution in [1.82, 2.24) is 14.5 Å². The van der Waals surface area contributed by atoms with Gasteiger partial charge in [-0.25, -0.2) is 8.42 Å². The number of nitrogens with zero attached hydrogens (tertiary/aromatic N) is 3. The number of piperazine rings is 1. The summed E-state index contributed by atoms with van der Waals surface area (Å²) < 4.78 is 27.3. The van der Waals surface area contributed by atoms with Crippen LogP contribution in [0.15, 0.2) is 29.2 Å². The number of sulfonamides is 1. The Hall–Kier alpha value is -1.95. The third kappa shape index (κ3) is 5.56. The number of hydrogen-bond donors (Lipinski definition) is 1. The highest BCUT2D eigenvalue weighted by Crippen LogP contribution is 2.21. The summed E-state index contributed by atoms with van der Waals surface area (Å²) in [7, 11) is -3.54. The summed E-state index contributed by atoms with van der Waals surface area (Å²) >= 11 is 0. The Morgan fingerprint density at radius 2 is 1.69 bits per heavy atom. The smallest absolute Gasteiger partial charge is 0.243 e. The van der Waals surface area contributed by atoms with E-state index in [4.69, 9.17) is 0 Å². The number of hydrogen-bond acceptors (Lipinski definition) is 5. The molecule has 0 bridgehead atoms. The van der Waals surface area contributed by atoms with E-state index in [1.807, 2.05) is 30.9 Å². The summed E-state index contributed by atoms with van der Waals surface area (Å²) in [6, 6.07) is 9.22. The Balaban J connectivity index is 1.94. The van der Waals surface area contributed by atoms with Crippen LogP contribution in [0.25, 0.3) is 0 Å². The van der Waals surface area contributed by atoms with Crippen molar-refractivity contribution in [3.05, 3.63) is 29.8 Å². The molecule has 29 heavy (non-hydrogen) atoms. The summed E-state index contributed by atoms with van der Waals surface area (Å²) in [4.78, 5) is 14.6. The van der Waals surface area contributed by atoms with Crippen molar-refractivity contribution in [2.75, 3.05) is 32.7 Å². The minimum atomic E-state index is -3.54. The van der Waals surface area contributed by atoms with E-state index in [2.05, 4.69) is 25.2 Å². The number of amides is 1. The SMILES string of the molecule is CC(C)c1ccc(S(=O)(=O)N2CCN(CC(=O)N[C@](C)(C#N)C(C)C)CC2)cc1. The molecule has 1 aliphatic heterocycles. The van der Waals surface area contributed by atoms with Crippen LogP contribution >= 0.6 is 0 Å². The van der Waals surface area contributed by atoms with E-state index < -0.39 is 15.6 Å². The first kappa shape index (κ1) is 23.3. The summed E-state index contributed by atoms with van der Waals surface area (Å²) in [5, 5.41) is 12.1. The van der Waals surface area contributed by atoms with Gasteiger partial charge in [0.25, 0.3) is 0 Å². The van der Waals surface area contributed by atoms with Gasteiger partial charge >= 0.3 is 0 Å². The number of nitriles is 1. The second-order valence-electron chi connectivity index (χ2n) is 8.42. The Kier molecular flexibility index (Phi) is 7.44. The molecule has 8 heteroatoms. The fraction of sp³-hybridized carbons (Fsp3) is 0.619. The standard InChI is InChI=1S/C21H32N4O3S/c1-16(2)18-6-8-19(9-7-18)29(27,28)25-12-10-24(11-13-25)14-20(26)23-21(5,15-22)17(3)4/h6-9,16-17H,10-14H2,1-5H3,(H,23,26)/t21-/m1/s1. The van der Waals surface area contributed by atoms with Gasteiger partial charge in [-0.1, -0.05) is 39.8 Å². The lowest BCUT2D eigenvalue weighted by Gasteiger charge is -2.34. The molecular weight excluding hydrogens is 388 g/mol. The van der Waals surface area contributed by atoms with Crippen LogP contribution in [0, 0.1) is 17.2 Å². The first-order valence-corrected chi connectivity index (χ1v) is 11.5. The van der Waals surface area contributed by atoms with E-state index in [0.29, 0.717) is 37.0 Å². The highest BCUT2D eigenvalue weighted by molar-refractivity contribution is 7.89. The quantitative estimate of drug-likeness (QED) is 0.730. The molecule has 1 saturated heterocycles. The molecule has 0 saturated carbocycles. The minimum Gasteiger partial charge on any atom is -0.337 e. The lowest BCUT2D eigenvalue weighted by molar-refractivity contribution is -0.124. The van der Waals surface area contributed by atoms with Gasteiger partial charge in [0.05, 0.1) is 17.5 Å². The molecule has 1 aromatic rings. The largest absolute Gasteiger partial charge is 0.337 e. The van der Waals surface area contributed by atoms with Crippen molar-refractivity contribution in [2.45, 2.75) is 51.0 Å². The Morgan fingerprint density at radius 1 is 1.14 bits per heavy atom. The molecule has 1 fully saturated rings. The zero-order chi connectivity index (χ0) is 21.8. The molecule has 0 aromatic heterocycles. The predicted molar refractivity (Wildman–Crippen MR) is 113 cm³/mol. The Morgan fingerprint density at radius 3 is 2.14 bits per heavy atom. The maximum absolute atomic E-state index is 12.9. The van der Waals surface area contributed by atoms with Gasteiger partial charge in [-0.3, -0.25) is 9.69 Å². The average molecular weight is 421 g/mol. The van der Waals surface area contributed by atoms with Crippen LogP contribution in [0.3, 0.4) is 0 Å². The van der Waals surface area contributed by atoms with Gasteiger partial charge in [-0.15, -0.1) is 0 Å². The molecule has 0 spiro atoms. The lowest BCUT2D eigenvalue weighted by Crippen LogP contribution is -2.55. The topological polar surface area (TPSA) is 93.5 Å². The fourth-order valence-corrected chi connectivity index (χ4v) is 4.56. The Labute approximate surface area is 174 Å². The molecule has 1 atom stereocenters. The van der Waals surface area contributed by atoms with Crippen LogP contribution in [0.5, 0.6) is 0 Å². The van der Waals surface area contributed by atoms with Crippen LogP contribution in [0.1, 0.15) is 46.1 Å². The molecule has 160 valence electrons. The third-order valence-corrected chi connectivity index (χ3v) is 7.58. The summed E-state index contributed by atoms with van der Waals surface area (Å²) in [6.07, 6.45) is 0. The van der Waals surface area contributed by atoms with E-state index in [-0.39, 0.29) is 18.4 Å². The first-order valence-electron chi connectivity index (χ1n) is 10.0. The van der Waals surface area contributed by atoms with Crippen molar-refractivity contribution in [1.29, 1.82) is 5.26 Å². The zero-order valence-electron chi connectivity index (χ0n) is 18.0. The van der Waals surface area contributed by atoms with Crippen LogP contribution in [0.2, 0.25) is 0 Å². The number of carbonyl (C=O) groups excluding carboxylic acids is 1. The molecule has 0 unspecified atom stereocenters. The van der Waals surface area contributed by atoms with E-state index >= 15 is 0 Å². The molecule has 1 heterocycles. The minimum absolute atomic E-state index is 0.0134. The number of carbonyl (C=O) groups is 1. The van der Waals surface area contributed by atoms with Gasteiger partial charge in [-0.05, 0) is 36.5 Å². The van der Waals surface area contributed by atoms with Crippen LogP contribution in [-0.4, -0.2) is 61.8 Å². The van der Waals surface area contributed by atoms with Crippen LogP contribution in [0.4, 0.5) is 0 Å². The number of benzene rings is 1. The number of rotatable bonds is 7. The van der Waals surface area contributed by atoms with Crippen molar-refractivity contribution >= 4 is 15.9 Å². The van der Waals surface area contributed by atoms with Gasteiger partial charge in [0, 0.05) is 26.2 Å². The predicted octanol–water partition coefficient (Wildman–Crippen LogP) is 2.17. The monoisotopic (exact) mass is 420 g/mol. The van der Waals surface area contributed by atoms with E-state index in [1.54, 1.807) is 19.1 Å². The summed E-state index contributed by atoms with van der Waals surface area (Å²) in [5.74, 6) is 0.115. The van der Waals surface area contributed by atoms with E-state index in [9.17, 15) is 18.5 Å². The van der Waals surface area contributed by atoms with Gasteiger partial charge in [0.15, 0.2) is 0 Å². The average Bonchev–Trinajstić information content (AvgIpc) is 2.68. The van der Waals surface area contributed by atoms with Crippen molar-refractivity contribution in [3.63, 3.8) is 0 Å². The molecule has 1 aliphatic rings. The molecular formula is C21H32N4O3S.